The summed E-state index contributed by atoms with van der Waals surface area (Å²) in [4.78, 5) is 3.13. The molecule has 0 saturated carbocycles. The smallest absolute Gasteiger partial charge is 0.00157 e. The predicted molar refractivity (Wildman–Crippen MR) is 35.1 cm³/mol. The largest absolute Gasteiger partial charge is 0.0974 e. The van der Waals surface area contributed by atoms with Gasteiger partial charge < -0.3 is 0 Å². The van der Waals surface area contributed by atoms with Gasteiger partial charge in [0.1, 0.15) is 0 Å². The first kappa shape index (κ1) is 5.23. The van der Waals surface area contributed by atoms with Crippen molar-refractivity contribution in [3.05, 3.63) is 9.81 Å². The first-order valence-electron chi connectivity index (χ1n) is 2.60. The van der Waals surface area contributed by atoms with Gasteiger partial charge in [-0.3, -0.25) is 0 Å². The monoisotopic (exact) mass is 114 g/mol. The molecule has 7 heavy (non-hydrogen) atoms. The maximum atomic E-state index is 2.23. The van der Waals surface area contributed by atoms with E-state index >= 15 is 0 Å². The number of hydrogen-bond donors (Lipinski definition) is 0. The topological polar surface area (TPSA) is 0 Å². The highest BCUT2D eigenvalue weighted by Gasteiger charge is 2.20. The van der Waals surface area contributed by atoms with E-state index in [1.54, 1.807) is 4.91 Å². The van der Waals surface area contributed by atoms with E-state index in [0.29, 0.717) is 0 Å². The molecule has 1 heterocycles. The fraction of sp³-hybridized carbons (Fsp3) is 0.667. The van der Waals surface area contributed by atoms with E-state index in [-0.39, 0.29) is 0 Å². The molecule has 1 aliphatic rings. The fourth-order valence-electron chi connectivity index (χ4n) is 0.664. The van der Waals surface area contributed by atoms with Crippen LogP contribution in [-0.2, 0) is 0 Å². The molecule has 0 unspecified atom stereocenters. The maximum Gasteiger partial charge on any atom is 0.00157 e. The first-order valence-corrected chi connectivity index (χ1v) is 3.42. The van der Waals surface area contributed by atoms with Crippen molar-refractivity contribution in [2.45, 2.75) is 20.8 Å². The maximum absolute atomic E-state index is 2.23. The molecule has 0 aromatic rings. The molecule has 0 bridgehead atoms. The number of thioether (sulfide) groups is 1. The van der Waals surface area contributed by atoms with Crippen LogP contribution in [0.2, 0.25) is 0 Å². The third-order valence-electron chi connectivity index (χ3n) is 1.09. The van der Waals surface area contributed by atoms with Gasteiger partial charge in [-0.15, -0.1) is 0 Å². The van der Waals surface area contributed by atoms with E-state index in [1.807, 2.05) is 11.8 Å². The Bertz CT molecular complexity index is 111. The SMILES string of the molecule is CC1=C(C(C)C)S1. The van der Waals surface area contributed by atoms with Crippen LogP contribution in [0.4, 0.5) is 0 Å². The Balaban J connectivity index is 2.45. The molecule has 40 valence electrons. The van der Waals surface area contributed by atoms with Gasteiger partial charge in [0.05, 0.1) is 0 Å². The predicted octanol–water partition coefficient (Wildman–Crippen LogP) is 2.62. The van der Waals surface area contributed by atoms with E-state index in [0.717, 1.165) is 5.92 Å². The normalized spacial score (nSPS) is 18.9. The third-order valence-corrected chi connectivity index (χ3v) is 2.41. The molecule has 0 aromatic heterocycles. The van der Waals surface area contributed by atoms with Gasteiger partial charge in [0.15, 0.2) is 0 Å². The minimum absolute atomic E-state index is 0.782. The van der Waals surface area contributed by atoms with Gasteiger partial charge in [-0.25, -0.2) is 0 Å². The van der Waals surface area contributed by atoms with Crippen LogP contribution in [0.25, 0.3) is 0 Å². The summed E-state index contributed by atoms with van der Waals surface area (Å²) in [6.45, 7) is 6.65. The van der Waals surface area contributed by atoms with Gasteiger partial charge in [-0.05, 0) is 17.7 Å². The van der Waals surface area contributed by atoms with Crippen molar-refractivity contribution >= 4 is 11.8 Å². The summed E-state index contributed by atoms with van der Waals surface area (Å²) in [7, 11) is 0. The molecule has 0 atom stereocenters. The second-order valence-electron chi connectivity index (χ2n) is 2.18. The lowest BCUT2D eigenvalue weighted by molar-refractivity contribution is 0.824. The molecule has 0 nitrogen and oxygen atoms in total. The number of hydrogen-bond acceptors (Lipinski definition) is 1. The van der Waals surface area contributed by atoms with Crippen molar-refractivity contribution < 1.29 is 0 Å². The van der Waals surface area contributed by atoms with Crippen molar-refractivity contribution in [2.24, 2.45) is 5.92 Å². The molecule has 0 spiro atoms. The van der Waals surface area contributed by atoms with Gasteiger partial charge in [0, 0.05) is 4.91 Å². The van der Waals surface area contributed by atoms with Crippen LogP contribution in [-0.4, -0.2) is 0 Å². The Hall–Kier alpha value is 0.0900. The van der Waals surface area contributed by atoms with Crippen LogP contribution in [0, 0.1) is 5.92 Å². The summed E-state index contributed by atoms with van der Waals surface area (Å²) in [6.07, 6.45) is 0. The van der Waals surface area contributed by atoms with Gasteiger partial charge in [0.25, 0.3) is 0 Å². The average Bonchev–Trinajstić information content (AvgIpc) is 2.17. The van der Waals surface area contributed by atoms with E-state index < -0.39 is 0 Å². The minimum atomic E-state index is 0.782. The minimum Gasteiger partial charge on any atom is -0.0974 e. The molecule has 0 amide bonds. The molecule has 0 saturated heterocycles. The Kier molecular flexibility index (Phi) is 1.16. The molecule has 1 rings (SSSR count). The van der Waals surface area contributed by atoms with Gasteiger partial charge in [-0.1, -0.05) is 25.6 Å². The van der Waals surface area contributed by atoms with Crippen LogP contribution >= 0.6 is 11.8 Å². The average molecular weight is 114 g/mol. The lowest BCUT2D eigenvalue weighted by Crippen LogP contribution is -1.76. The van der Waals surface area contributed by atoms with Crippen LogP contribution in [0.3, 0.4) is 0 Å². The van der Waals surface area contributed by atoms with Crippen molar-refractivity contribution in [2.75, 3.05) is 0 Å². The zero-order valence-electron chi connectivity index (χ0n) is 4.99. The van der Waals surface area contributed by atoms with Crippen molar-refractivity contribution in [1.82, 2.24) is 0 Å². The summed E-state index contributed by atoms with van der Waals surface area (Å²) >= 11 is 1.93. The zero-order chi connectivity index (χ0) is 5.44. The molecule has 1 heteroatoms. The highest BCUT2D eigenvalue weighted by Crippen LogP contribution is 2.48. The Morgan fingerprint density at radius 2 is 1.86 bits per heavy atom. The second kappa shape index (κ2) is 1.55. The standard InChI is InChI=1S/C6H10S/c1-4(2)6-5(3)7-6/h4H,1-3H3. The molecule has 0 fully saturated rings. The van der Waals surface area contributed by atoms with Crippen LogP contribution in [0.5, 0.6) is 0 Å². The van der Waals surface area contributed by atoms with E-state index in [1.165, 1.54) is 4.91 Å². The molecular weight excluding hydrogens is 104 g/mol. The zero-order valence-corrected chi connectivity index (χ0v) is 5.80. The fourth-order valence-corrected chi connectivity index (χ4v) is 1.41. The Labute approximate surface area is 49.0 Å². The lowest BCUT2D eigenvalue weighted by atomic mass is 10.2. The second-order valence-corrected chi connectivity index (χ2v) is 3.43. The molecule has 0 aliphatic carbocycles. The lowest BCUT2D eigenvalue weighted by Gasteiger charge is -1.88. The van der Waals surface area contributed by atoms with Gasteiger partial charge in [0.2, 0.25) is 0 Å². The Morgan fingerprint density at radius 3 is 1.86 bits per heavy atom. The van der Waals surface area contributed by atoms with Crippen molar-refractivity contribution in [1.29, 1.82) is 0 Å². The first-order chi connectivity index (χ1) is 3.22. The number of rotatable bonds is 1. The molecular formula is C6H10S. The molecule has 0 N–H and O–H groups in total. The Morgan fingerprint density at radius 1 is 1.43 bits per heavy atom. The quantitative estimate of drug-likeness (QED) is 0.505. The summed E-state index contributed by atoms with van der Waals surface area (Å²) in [5, 5.41) is 0. The van der Waals surface area contributed by atoms with E-state index in [4.69, 9.17) is 0 Å². The van der Waals surface area contributed by atoms with E-state index in [9.17, 15) is 0 Å². The van der Waals surface area contributed by atoms with Crippen molar-refractivity contribution in [3.63, 3.8) is 0 Å². The van der Waals surface area contributed by atoms with Crippen molar-refractivity contribution in [3.8, 4) is 0 Å². The highest BCUT2D eigenvalue weighted by atomic mass is 32.2. The van der Waals surface area contributed by atoms with E-state index in [2.05, 4.69) is 20.8 Å². The molecule has 1 aliphatic heterocycles. The van der Waals surface area contributed by atoms with Gasteiger partial charge in [-0.2, -0.15) is 0 Å². The summed E-state index contributed by atoms with van der Waals surface area (Å²) in [6, 6.07) is 0. The molecule has 0 aromatic carbocycles. The summed E-state index contributed by atoms with van der Waals surface area (Å²) < 4.78 is 0. The third kappa shape index (κ3) is 1.00. The van der Waals surface area contributed by atoms with Crippen LogP contribution in [0.15, 0.2) is 9.81 Å². The van der Waals surface area contributed by atoms with Crippen LogP contribution < -0.4 is 0 Å². The highest BCUT2D eigenvalue weighted by molar-refractivity contribution is 8.13. The number of allylic oxidation sites excluding steroid dienone is 2. The van der Waals surface area contributed by atoms with Gasteiger partial charge >= 0.3 is 0 Å². The summed E-state index contributed by atoms with van der Waals surface area (Å²) in [5.74, 6) is 0.782. The summed E-state index contributed by atoms with van der Waals surface area (Å²) in [5.41, 5.74) is 0. The van der Waals surface area contributed by atoms with Crippen LogP contribution in [0.1, 0.15) is 20.8 Å². The molecule has 0 radical (unpaired) electrons.